The molecule has 0 N–H and O–H groups in total. The lowest BCUT2D eigenvalue weighted by Crippen LogP contribution is -2.04. The van der Waals surface area contributed by atoms with E-state index in [9.17, 15) is 0 Å². The van der Waals surface area contributed by atoms with E-state index >= 15 is 0 Å². The van der Waals surface area contributed by atoms with E-state index < -0.39 is 0 Å². The first-order chi connectivity index (χ1) is 9.56. The lowest BCUT2D eigenvalue weighted by atomic mass is 10.2. The SMILES string of the molecule is CC(C)COc1csc(-c2sccc2OCC(C)C)c1. The smallest absolute Gasteiger partial charge is 0.138 e. The van der Waals surface area contributed by atoms with Crippen LogP contribution in [0.4, 0.5) is 0 Å². The van der Waals surface area contributed by atoms with E-state index in [1.807, 2.05) is 0 Å². The summed E-state index contributed by atoms with van der Waals surface area (Å²) in [5, 5.41) is 4.16. The molecular weight excluding hydrogens is 288 g/mol. The van der Waals surface area contributed by atoms with E-state index in [0.717, 1.165) is 24.7 Å². The Balaban J connectivity index is 2.06. The second kappa shape index (κ2) is 7.14. The minimum absolute atomic E-state index is 0.538. The third kappa shape index (κ3) is 4.25. The lowest BCUT2D eigenvalue weighted by molar-refractivity contribution is 0.272. The van der Waals surface area contributed by atoms with Crippen molar-refractivity contribution < 1.29 is 9.47 Å². The van der Waals surface area contributed by atoms with Crippen LogP contribution in [0, 0.1) is 11.8 Å². The summed E-state index contributed by atoms with van der Waals surface area (Å²) in [6.07, 6.45) is 0. The fourth-order valence-corrected chi connectivity index (χ4v) is 3.43. The molecule has 2 aromatic heterocycles. The standard InChI is InChI=1S/C16H22O2S2/c1-11(2)8-17-13-7-15(20-10-13)16-14(5-6-19-16)18-9-12(3)4/h5-7,10-12H,8-9H2,1-4H3. The highest BCUT2D eigenvalue weighted by Crippen LogP contribution is 2.41. The van der Waals surface area contributed by atoms with Crippen LogP contribution in [-0.4, -0.2) is 13.2 Å². The predicted molar refractivity (Wildman–Crippen MR) is 88.3 cm³/mol. The Morgan fingerprint density at radius 2 is 1.70 bits per heavy atom. The fourth-order valence-electron chi connectivity index (χ4n) is 1.62. The Kier molecular flexibility index (Phi) is 5.49. The van der Waals surface area contributed by atoms with Gasteiger partial charge in [-0.1, -0.05) is 27.7 Å². The molecule has 0 amide bonds. The van der Waals surface area contributed by atoms with Gasteiger partial charge in [0.05, 0.1) is 23.0 Å². The van der Waals surface area contributed by atoms with E-state index in [1.54, 1.807) is 22.7 Å². The molecule has 0 unspecified atom stereocenters. The largest absolute Gasteiger partial charge is 0.492 e. The molecule has 2 heterocycles. The molecule has 0 fully saturated rings. The van der Waals surface area contributed by atoms with Crippen molar-refractivity contribution in [3.63, 3.8) is 0 Å². The van der Waals surface area contributed by atoms with Crippen LogP contribution in [-0.2, 0) is 0 Å². The fraction of sp³-hybridized carbons (Fsp3) is 0.500. The molecule has 0 aliphatic carbocycles. The Bertz CT molecular complexity index is 526. The summed E-state index contributed by atoms with van der Waals surface area (Å²) in [6, 6.07) is 4.16. The van der Waals surface area contributed by atoms with Crippen molar-refractivity contribution in [3.8, 4) is 21.3 Å². The maximum absolute atomic E-state index is 5.88. The average molecular weight is 310 g/mol. The molecule has 0 radical (unpaired) electrons. The molecule has 4 heteroatoms. The summed E-state index contributed by atoms with van der Waals surface area (Å²) in [7, 11) is 0. The van der Waals surface area contributed by atoms with E-state index in [-0.39, 0.29) is 0 Å². The van der Waals surface area contributed by atoms with Crippen LogP contribution in [0.5, 0.6) is 11.5 Å². The van der Waals surface area contributed by atoms with Gasteiger partial charge >= 0.3 is 0 Å². The minimum Gasteiger partial charge on any atom is -0.492 e. The van der Waals surface area contributed by atoms with Gasteiger partial charge in [-0.3, -0.25) is 0 Å². The van der Waals surface area contributed by atoms with Crippen molar-refractivity contribution in [2.24, 2.45) is 11.8 Å². The van der Waals surface area contributed by atoms with Crippen LogP contribution in [0.15, 0.2) is 22.9 Å². The summed E-state index contributed by atoms with van der Waals surface area (Å²) in [5.41, 5.74) is 0. The summed E-state index contributed by atoms with van der Waals surface area (Å²) in [4.78, 5) is 2.42. The first-order valence-corrected chi connectivity index (χ1v) is 8.74. The number of hydrogen-bond donors (Lipinski definition) is 0. The van der Waals surface area contributed by atoms with Crippen molar-refractivity contribution in [1.29, 1.82) is 0 Å². The van der Waals surface area contributed by atoms with Crippen molar-refractivity contribution in [3.05, 3.63) is 22.9 Å². The Morgan fingerprint density at radius 1 is 1.00 bits per heavy atom. The Labute approximate surface area is 129 Å². The third-order valence-corrected chi connectivity index (χ3v) is 4.57. The third-order valence-electron chi connectivity index (χ3n) is 2.58. The molecule has 2 nitrogen and oxygen atoms in total. The van der Waals surface area contributed by atoms with Crippen LogP contribution in [0.3, 0.4) is 0 Å². The molecule has 110 valence electrons. The number of hydrogen-bond acceptors (Lipinski definition) is 4. The minimum atomic E-state index is 0.538. The van der Waals surface area contributed by atoms with Crippen LogP contribution in [0.25, 0.3) is 9.75 Å². The van der Waals surface area contributed by atoms with E-state index in [0.29, 0.717) is 11.8 Å². The van der Waals surface area contributed by atoms with Gasteiger partial charge in [-0.25, -0.2) is 0 Å². The van der Waals surface area contributed by atoms with E-state index in [2.05, 4.69) is 50.6 Å². The highest BCUT2D eigenvalue weighted by Gasteiger charge is 2.12. The average Bonchev–Trinajstić information content (AvgIpc) is 3.02. The Hall–Kier alpha value is -1.00. The first kappa shape index (κ1) is 15.4. The molecule has 20 heavy (non-hydrogen) atoms. The van der Waals surface area contributed by atoms with Gasteiger partial charge in [0, 0.05) is 5.38 Å². The van der Waals surface area contributed by atoms with Crippen molar-refractivity contribution in [1.82, 2.24) is 0 Å². The predicted octanol–water partition coefficient (Wildman–Crippen LogP) is 5.55. The zero-order valence-corrected chi connectivity index (χ0v) is 14.1. The zero-order chi connectivity index (χ0) is 14.5. The van der Waals surface area contributed by atoms with Crippen LogP contribution >= 0.6 is 22.7 Å². The van der Waals surface area contributed by atoms with Crippen LogP contribution in [0.1, 0.15) is 27.7 Å². The summed E-state index contributed by atoms with van der Waals surface area (Å²) in [6.45, 7) is 10.2. The normalized spacial score (nSPS) is 11.3. The van der Waals surface area contributed by atoms with Gasteiger partial charge in [0.15, 0.2) is 0 Å². The molecule has 0 bridgehead atoms. The molecule has 0 atom stereocenters. The summed E-state index contributed by atoms with van der Waals surface area (Å²) in [5.74, 6) is 3.03. The second-order valence-electron chi connectivity index (χ2n) is 5.67. The van der Waals surface area contributed by atoms with Gasteiger partial charge in [0.25, 0.3) is 0 Å². The number of thiophene rings is 2. The topological polar surface area (TPSA) is 18.5 Å². The van der Waals surface area contributed by atoms with E-state index in [1.165, 1.54) is 9.75 Å². The van der Waals surface area contributed by atoms with Gasteiger partial charge in [-0.05, 0) is 29.3 Å². The monoisotopic (exact) mass is 310 g/mol. The summed E-state index contributed by atoms with van der Waals surface area (Å²) >= 11 is 3.43. The number of ether oxygens (including phenoxy) is 2. The second-order valence-corrected chi connectivity index (χ2v) is 7.50. The van der Waals surface area contributed by atoms with Crippen molar-refractivity contribution in [2.75, 3.05) is 13.2 Å². The first-order valence-electron chi connectivity index (χ1n) is 6.98. The van der Waals surface area contributed by atoms with Crippen LogP contribution < -0.4 is 9.47 Å². The van der Waals surface area contributed by atoms with Crippen molar-refractivity contribution in [2.45, 2.75) is 27.7 Å². The molecule has 0 saturated carbocycles. The summed E-state index contributed by atoms with van der Waals surface area (Å²) < 4.78 is 11.6. The highest BCUT2D eigenvalue weighted by atomic mass is 32.1. The maximum atomic E-state index is 5.88. The molecule has 0 saturated heterocycles. The Morgan fingerprint density at radius 3 is 2.40 bits per heavy atom. The van der Waals surface area contributed by atoms with Crippen molar-refractivity contribution >= 4 is 22.7 Å². The highest BCUT2D eigenvalue weighted by molar-refractivity contribution is 7.20. The molecule has 0 spiro atoms. The van der Waals surface area contributed by atoms with Gasteiger partial charge in [0.1, 0.15) is 11.5 Å². The number of rotatable bonds is 7. The molecule has 0 aromatic carbocycles. The van der Waals surface area contributed by atoms with Gasteiger partial charge in [0.2, 0.25) is 0 Å². The molecule has 2 rings (SSSR count). The molecular formula is C16H22O2S2. The molecule has 0 aliphatic heterocycles. The van der Waals surface area contributed by atoms with Gasteiger partial charge in [-0.15, -0.1) is 22.7 Å². The maximum Gasteiger partial charge on any atom is 0.138 e. The van der Waals surface area contributed by atoms with E-state index in [4.69, 9.17) is 9.47 Å². The van der Waals surface area contributed by atoms with Gasteiger partial charge < -0.3 is 9.47 Å². The van der Waals surface area contributed by atoms with Gasteiger partial charge in [-0.2, -0.15) is 0 Å². The lowest BCUT2D eigenvalue weighted by Gasteiger charge is -2.08. The molecule has 2 aromatic rings. The zero-order valence-electron chi connectivity index (χ0n) is 12.5. The van der Waals surface area contributed by atoms with Crippen LogP contribution in [0.2, 0.25) is 0 Å². The molecule has 0 aliphatic rings. The quantitative estimate of drug-likeness (QED) is 0.668.